The zero-order valence-electron chi connectivity index (χ0n) is 22.7. The minimum Gasteiger partial charge on any atom is -0.393 e. The molecule has 5 rings (SSSR count). The Morgan fingerprint density at radius 1 is 0.667 bits per heavy atom. The van der Waals surface area contributed by atoms with E-state index >= 15 is 0 Å². The fourth-order valence-corrected chi connectivity index (χ4v) is 12.1. The molecular formula is C30H52O3. The molecule has 0 aromatic rings. The van der Waals surface area contributed by atoms with Crippen molar-refractivity contribution in [3.8, 4) is 0 Å². The Labute approximate surface area is 203 Å². The van der Waals surface area contributed by atoms with Gasteiger partial charge in [0.05, 0.1) is 17.8 Å². The third-order valence-electron chi connectivity index (χ3n) is 13.8. The molecule has 3 heteroatoms. The molecule has 33 heavy (non-hydrogen) atoms. The van der Waals surface area contributed by atoms with E-state index in [0.29, 0.717) is 17.8 Å². The summed E-state index contributed by atoms with van der Waals surface area (Å²) in [6.07, 6.45) is 9.65. The van der Waals surface area contributed by atoms with Gasteiger partial charge in [0.2, 0.25) is 0 Å². The molecule has 0 aromatic carbocycles. The Morgan fingerprint density at radius 2 is 1.24 bits per heavy atom. The van der Waals surface area contributed by atoms with Crippen LogP contribution in [0.15, 0.2) is 0 Å². The summed E-state index contributed by atoms with van der Waals surface area (Å²) >= 11 is 0. The minimum absolute atomic E-state index is 0.0133. The van der Waals surface area contributed by atoms with Crippen molar-refractivity contribution in [3.05, 3.63) is 0 Å². The number of hydrogen-bond acceptors (Lipinski definition) is 3. The van der Waals surface area contributed by atoms with Gasteiger partial charge in [-0.05, 0) is 128 Å². The smallest absolute Gasteiger partial charge is 0.0623 e. The van der Waals surface area contributed by atoms with E-state index in [4.69, 9.17) is 0 Å². The van der Waals surface area contributed by atoms with Crippen LogP contribution in [0.25, 0.3) is 0 Å². The van der Waals surface area contributed by atoms with E-state index in [0.717, 1.165) is 32.1 Å². The van der Waals surface area contributed by atoms with Gasteiger partial charge in [-0.25, -0.2) is 0 Å². The Bertz CT molecular complexity index is 799. The second-order valence-electron chi connectivity index (χ2n) is 15.6. The van der Waals surface area contributed by atoms with E-state index in [9.17, 15) is 15.3 Å². The fourth-order valence-electron chi connectivity index (χ4n) is 12.1. The molecule has 0 bridgehead atoms. The monoisotopic (exact) mass is 460 g/mol. The third kappa shape index (κ3) is 2.91. The van der Waals surface area contributed by atoms with Crippen molar-refractivity contribution >= 4 is 0 Å². The second-order valence-corrected chi connectivity index (χ2v) is 15.6. The molecule has 0 amide bonds. The SMILES string of the molecule is CC(C)(O)[C@@H]1CC[C@@]2(C)[C@H]1[C@@H](O)C[C@]1(C)[C@@H]2CC[C@@H]2[C@@]3(C)CC[C@H](O)C(C)(C)[C@@H]3CC[C@]21C. The van der Waals surface area contributed by atoms with Crippen LogP contribution < -0.4 is 0 Å². The molecule has 0 spiro atoms. The Kier molecular flexibility index (Phi) is 5.21. The van der Waals surface area contributed by atoms with Gasteiger partial charge in [0.1, 0.15) is 0 Å². The van der Waals surface area contributed by atoms with Gasteiger partial charge in [-0.3, -0.25) is 0 Å². The molecule has 11 atom stereocenters. The molecule has 5 aliphatic rings. The Morgan fingerprint density at radius 3 is 1.85 bits per heavy atom. The normalized spacial score (nSPS) is 58.1. The van der Waals surface area contributed by atoms with Crippen LogP contribution in [-0.4, -0.2) is 33.1 Å². The van der Waals surface area contributed by atoms with Crippen LogP contribution in [0.4, 0.5) is 0 Å². The van der Waals surface area contributed by atoms with Crippen molar-refractivity contribution in [2.24, 2.45) is 56.7 Å². The summed E-state index contributed by atoms with van der Waals surface area (Å²) in [6, 6.07) is 0. The molecule has 0 radical (unpaired) electrons. The third-order valence-corrected chi connectivity index (χ3v) is 13.8. The van der Waals surface area contributed by atoms with Crippen LogP contribution in [0.3, 0.4) is 0 Å². The quantitative estimate of drug-likeness (QED) is 0.437. The standard InChI is InChI=1S/C30H52O3/c1-25(2)20-12-16-29(7)21(27(20,5)15-13-23(25)32)9-10-22-28(6)14-11-18(26(3,4)33)24(28)19(31)17-30(22,29)8/h18-24,31-33H,9-17H2,1-8H3/t18-,19+,20+,21-,22-,23+,24-,27+,28-,29-,30-/m1/s1. The number of fused-ring (bicyclic) bond motifs is 7. The Balaban J connectivity index is 1.54. The van der Waals surface area contributed by atoms with Gasteiger partial charge >= 0.3 is 0 Å². The first kappa shape index (κ1) is 24.6. The topological polar surface area (TPSA) is 60.7 Å². The molecule has 3 N–H and O–H groups in total. The summed E-state index contributed by atoms with van der Waals surface area (Å²) in [5.41, 5.74) is 0.00601. The number of aliphatic hydroxyl groups excluding tert-OH is 2. The summed E-state index contributed by atoms with van der Waals surface area (Å²) in [7, 11) is 0. The van der Waals surface area contributed by atoms with E-state index in [1.54, 1.807) is 0 Å². The average molecular weight is 461 g/mol. The zero-order chi connectivity index (χ0) is 24.4. The van der Waals surface area contributed by atoms with E-state index in [-0.39, 0.29) is 51.1 Å². The first-order valence-electron chi connectivity index (χ1n) is 14.1. The van der Waals surface area contributed by atoms with Crippen molar-refractivity contribution < 1.29 is 15.3 Å². The molecule has 190 valence electrons. The molecule has 5 saturated carbocycles. The molecule has 0 heterocycles. The molecule has 0 aliphatic heterocycles. The van der Waals surface area contributed by atoms with Crippen LogP contribution in [0.1, 0.15) is 113 Å². The maximum Gasteiger partial charge on any atom is 0.0623 e. The predicted octanol–water partition coefficient (Wildman–Crippen LogP) is 6.19. The maximum atomic E-state index is 11.8. The van der Waals surface area contributed by atoms with Crippen molar-refractivity contribution in [2.75, 3.05) is 0 Å². The highest BCUT2D eigenvalue weighted by atomic mass is 16.3. The lowest BCUT2D eigenvalue weighted by molar-refractivity contribution is -0.267. The second kappa shape index (κ2) is 7.00. The number of rotatable bonds is 1. The molecule has 5 fully saturated rings. The highest BCUT2D eigenvalue weighted by Gasteiger charge is 2.72. The van der Waals surface area contributed by atoms with Crippen molar-refractivity contribution in [2.45, 2.75) is 131 Å². The van der Waals surface area contributed by atoms with Crippen LogP contribution in [0.5, 0.6) is 0 Å². The fraction of sp³-hybridized carbons (Fsp3) is 1.00. The van der Waals surface area contributed by atoms with Crippen molar-refractivity contribution in [1.29, 1.82) is 0 Å². The van der Waals surface area contributed by atoms with Gasteiger partial charge in [0, 0.05) is 0 Å². The van der Waals surface area contributed by atoms with Gasteiger partial charge in [-0.2, -0.15) is 0 Å². The minimum atomic E-state index is -0.724. The molecular weight excluding hydrogens is 408 g/mol. The van der Waals surface area contributed by atoms with E-state index in [1.807, 2.05) is 13.8 Å². The summed E-state index contributed by atoms with van der Waals surface area (Å²) < 4.78 is 0. The Hall–Kier alpha value is -0.120. The summed E-state index contributed by atoms with van der Waals surface area (Å²) in [4.78, 5) is 0. The zero-order valence-corrected chi connectivity index (χ0v) is 22.7. The van der Waals surface area contributed by atoms with Crippen LogP contribution >= 0.6 is 0 Å². The largest absolute Gasteiger partial charge is 0.393 e. The highest BCUT2D eigenvalue weighted by Crippen LogP contribution is 2.78. The van der Waals surface area contributed by atoms with Gasteiger partial charge in [-0.1, -0.05) is 41.5 Å². The molecule has 5 aliphatic carbocycles. The summed E-state index contributed by atoms with van der Waals surface area (Å²) in [5, 5.41) is 33.6. The van der Waals surface area contributed by atoms with E-state index in [2.05, 4.69) is 41.5 Å². The van der Waals surface area contributed by atoms with Crippen LogP contribution in [0, 0.1) is 56.7 Å². The lowest BCUT2D eigenvalue weighted by atomic mass is 9.31. The molecule has 0 saturated heterocycles. The average Bonchev–Trinajstić information content (AvgIpc) is 3.05. The van der Waals surface area contributed by atoms with Crippen LogP contribution in [-0.2, 0) is 0 Å². The van der Waals surface area contributed by atoms with E-state index < -0.39 is 5.60 Å². The van der Waals surface area contributed by atoms with Crippen molar-refractivity contribution in [3.63, 3.8) is 0 Å². The van der Waals surface area contributed by atoms with Gasteiger partial charge in [0.25, 0.3) is 0 Å². The number of hydrogen-bond donors (Lipinski definition) is 3. The first-order valence-corrected chi connectivity index (χ1v) is 14.1. The highest BCUT2D eigenvalue weighted by molar-refractivity contribution is 5.21. The van der Waals surface area contributed by atoms with Gasteiger partial charge in [0.15, 0.2) is 0 Å². The predicted molar refractivity (Wildman–Crippen MR) is 134 cm³/mol. The first-order chi connectivity index (χ1) is 15.0. The molecule has 3 nitrogen and oxygen atoms in total. The van der Waals surface area contributed by atoms with Gasteiger partial charge < -0.3 is 15.3 Å². The van der Waals surface area contributed by atoms with E-state index in [1.165, 1.54) is 25.7 Å². The number of aliphatic hydroxyl groups is 3. The van der Waals surface area contributed by atoms with Crippen LogP contribution in [0.2, 0.25) is 0 Å². The van der Waals surface area contributed by atoms with Crippen molar-refractivity contribution in [1.82, 2.24) is 0 Å². The molecule has 0 aromatic heterocycles. The maximum absolute atomic E-state index is 11.8. The lowest BCUT2D eigenvalue weighted by Crippen LogP contribution is -2.68. The molecule has 0 unspecified atom stereocenters. The summed E-state index contributed by atoms with van der Waals surface area (Å²) in [5.74, 6) is 2.27. The van der Waals surface area contributed by atoms with Gasteiger partial charge in [-0.15, -0.1) is 0 Å². The summed E-state index contributed by atoms with van der Waals surface area (Å²) in [6.45, 7) is 18.8. The lowest BCUT2D eigenvalue weighted by Gasteiger charge is -2.73.